The summed E-state index contributed by atoms with van der Waals surface area (Å²) in [5, 5.41) is 2.17. The van der Waals surface area contributed by atoms with Crippen LogP contribution in [0.25, 0.3) is 0 Å². The summed E-state index contributed by atoms with van der Waals surface area (Å²) in [5.41, 5.74) is 4.88. The minimum atomic E-state index is -3.04. The van der Waals surface area contributed by atoms with Gasteiger partial charge in [0, 0.05) is 10.9 Å². The lowest BCUT2D eigenvalue weighted by molar-refractivity contribution is -0.123. The van der Waals surface area contributed by atoms with Gasteiger partial charge in [-0.1, -0.05) is 15.9 Å². The van der Waals surface area contributed by atoms with E-state index in [9.17, 15) is 13.6 Å². The molecule has 3 N–H and O–H groups in total. The lowest BCUT2D eigenvalue weighted by Crippen LogP contribution is -2.41. The lowest BCUT2D eigenvalue weighted by Gasteiger charge is -2.14. The van der Waals surface area contributed by atoms with Gasteiger partial charge >= 0.3 is 0 Å². The van der Waals surface area contributed by atoms with Crippen LogP contribution in [0.2, 0.25) is 0 Å². The van der Waals surface area contributed by atoms with E-state index in [0.29, 0.717) is 19.4 Å². The van der Waals surface area contributed by atoms with Crippen molar-refractivity contribution in [1.29, 1.82) is 0 Å². The summed E-state index contributed by atoms with van der Waals surface area (Å²) in [7, 11) is 0. The van der Waals surface area contributed by atoms with Crippen molar-refractivity contribution < 1.29 is 18.3 Å². The Hall–Kier alpha value is -0.920. The fraction of sp³-hybridized carbons (Fsp3) is 0.500. The molecule has 0 aliphatic carbocycles. The van der Waals surface area contributed by atoms with E-state index in [-0.39, 0.29) is 18.8 Å². The fourth-order valence-corrected chi connectivity index (χ4v) is 1.76. The van der Waals surface area contributed by atoms with E-state index in [1.807, 2.05) is 24.3 Å². The standard InChI is InChI=1S/C14H19BrF2N2O2.ClH/c15-11-4-6-12(7-5-11)21-8-2-1-3-13(20)19-10-14(16,17)9-18;/h4-7H,1-3,8-10,18H2,(H,19,20);1H. The number of ether oxygens (including phenoxy) is 1. The Labute approximate surface area is 143 Å². The molecule has 0 fully saturated rings. The number of amides is 1. The van der Waals surface area contributed by atoms with E-state index in [1.165, 1.54) is 0 Å². The zero-order chi connectivity index (χ0) is 15.7. The Morgan fingerprint density at radius 3 is 2.50 bits per heavy atom. The van der Waals surface area contributed by atoms with Crippen molar-refractivity contribution in [2.45, 2.75) is 25.2 Å². The fourth-order valence-electron chi connectivity index (χ4n) is 1.50. The minimum absolute atomic E-state index is 0. The summed E-state index contributed by atoms with van der Waals surface area (Å²) in [4.78, 5) is 11.3. The first-order valence-corrected chi connectivity index (χ1v) is 7.45. The molecular weight excluding hydrogens is 382 g/mol. The SMILES string of the molecule is Cl.NCC(F)(F)CNC(=O)CCCCOc1ccc(Br)cc1. The number of unbranched alkanes of at least 4 members (excludes halogenated alkanes) is 1. The van der Waals surface area contributed by atoms with Gasteiger partial charge in [-0.15, -0.1) is 12.4 Å². The molecule has 0 bridgehead atoms. The first-order valence-electron chi connectivity index (χ1n) is 6.66. The molecule has 0 spiro atoms. The van der Waals surface area contributed by atoms with Gasteiger partial charge in [-0.2, -0.15) is 0 Å². The van der Waals surface area contributed by atoms with Crippen molar-refractivity contribution in [2.24, 2.45) is 5.73 Å². The zero-order valence-electron chi connectivity index (χ0n) is 12.0. The van der Waals surface area contributed by atoms with Gasteiger partial charge in [-0.25, -0.2) is 8.78 Å². The summed E-state index contributed by atoms with van der Waals surface area (Å²) < 4.78 is 32.1. The third-order valence-corrected chi connectivity index (χ3v) is 3.25. The van der Waals surface area contributed by atoms with Crippen LogP contribution >= 0.6 is 28.3 Å². The van der Waals surface area contributed by atoms with Crippen molar-refractivity contribution in [3.8, 4) is 5.75 Å². The van der Waals surface area contributed by atoms with Gasteiger partial charge in [0.05, 0.1) is 19.7 Å². The van der Waals surface area contributed by atoms with Crippen LogP contribution in [-0.2, 0) is 4.79 Å². The van der Waals surface area contributed by atoms with Crippen LogP contribution < -0.4 is 15.8 Å². The number of nitrogens with two attached hydrogens (primary N) is 1. The molecule has 0 unspecified atom stereocenters. The molecule has 1 rings (SSSR count). The van der Waals surface area contributed by atoms with Crippen LogP contribution in [0.3, 0.4) is 0 Å². The summed E-state index contributed by atoms with van der Waals surface area (Å²) in [6.07, 6.45) is 1.46. The Kier molecular flexibility index (Phi) is 10.3. The van der Waals surface area contributed by atoms with Crippen LogP contribution in [0.1, 0.15) is 19.3 Å². The van der Waals surface area contributed by atoms with Crippen LogP contribution in [0.15, 0.2) is 28.7 Å². The maximum atomic E-state index is 12.8. The average Bonchev–Trinajstić information content (AvgIpc) is 2.47. The molecule has 0 heterocycles. The Morgan fingerprint density at radius 1 is 1.27 bits per heavy atom. The van der Waals surface area contributed by atoms with Crippen molar-refractivity contribution >= 4 is 34.2 Å². The molecule has 0 aromatic heterocycles. The molecule has 4 nitrogen and oxygen atoms in total. The number of benzene rings is 1. The van der Waals surface area contributed by atoms with Gasteiger partial charge in [-0.05, 0) is 37.1 Å². The van der Waals surface area contributed by atoms with E-state index in [2.05, 4.69) is 21.2 Å². The van der Waals surface area contributed by atoms with Crippen LogP contribution in [0, 0.1) is 0 Å². The molecule has 0 saturated carbocycles. The lowest BCUT2D eigenvalue weighted by atomic mass is 10.2. The van der Waals surface area contributed by atoms with E-state index in [0.717, 1.165) is 10.2 Å². The molecule has 0 saturated heterocycles. The van der Waals surface area contributed by atoms with Gasteiger partial charge in [-0.3, -0.25) is 4.79 Å². The van der Waals surface area contributed by atoms with Crippen molar-refractivity contribution in [3.63, 3.8) is 0 Å². The Bertz CT molecular complexity index is 447. The minimum Gasteiger partial charge on any atom is -0.494 e. The van der Waals surface area contributed by atoms with Crippen LogP contribution in [-0.4, -0.2) is 31.5 Å². The molecule has 0 aliphatic heterocycles. The molecule has 126 valence electrons. The number of carbonyl (C=O) groups excluding carboxylic acids is 1. The van der Waals surface area contributed by atoms with Crippen molar-refractivity contribution in [3.05, 3.63) is 28.7 Å². The summed E-state index contributed by atoms with van der Waals surface area (Å²) in [6.45, 7) is -1.00. The molecule has 8 heteroatoms. The first-order chi connectivity index (χ1) is 9.93. The number of alkyl halides is 2. The highest BCUT2D eigenvalue weighted by atomic mass is 79.9. The third kappa shape index (κ3) is 9.17. The summed E-state index contributed by atoms with van der Waals surface area (Å²) in [5.74, 6) is -2.68. The predicted octanol–water partition coefficient (Wildman–Crippen LogP) is 3.13. The molecule has 0 atom stereocenters. The number of hydrogen-bond donors (Lipinski definition) is 2. The summed E-state index contributed by atoms with van der Waals surface area (Å²) in [6, 6.07) is 7.43. The molecule has 1 amide bonds. The highest BCUT2D eigenvalue weighted by Crippen LogP contribution is 2.16. The van der Waals surface area contributed by atoms with Gasteiger partial charge in [0.15, 0.2) is 0 Å². The number of carbonyl (C=O) groups is 1. The molecule has 22 heavy (non-hydrogen) atoms. The van der Waals surface area contributed by atoms with Gasteiger partial charge in [0.2, 0.25) is 5.91 Å². The predicted molar refractivity (Wildman–Crippen MR) is 87.7 cm³/mol. The van der Waals surface area contributed by atoms with E-state index >= 15 is 0 Å². The summed E-state index contributed by atoms with van der Waals surface area (Å²) >= 11 is 3.33. The molecular formula is C14H20BrClF2N2O2. The normalized spacial score (nSPS) is 10.7. The van der Waals surface area contributed by atoms with Gasteiger partial charge < -0.3 is 15.8 Å². The van der Waals surface area contributed by atoms with Gasteiger partial charge in [0.25, 0.3) is 5.92 Å². The second kappa shape index (κ2) is 10.7. The number of halogens is 4. The van der Waals surface area contributed by atoms with Crippen molar-refractivity contribution in [1.82, 2.24) is 5.32 Å². The third-order valence-electron chi connectivity index (χ3n) is 2.72. The van der Waals surface area contributed by atoms with E-state index < -0.39 is 24.9 Å². The van der Waals surface area contributed by atoms with Crippen LogP contribution in [0.5, 0.6) is 5.75 Å². The molecule has 1 aromatic rings. The second-order valence-electron chi connectivity index (χ2n) is 4.60. The van der Waals surface area contributed by atoms with Crippen molar-refractivity contribution in [2.75, 3.05) is 19.7 Å². The average molecular weight is 402 g/mol. The quantitative estimate of drug-likeness (QED) is 0.625. The van der Waals surface area contributed by atoms with Gasteiger partial charge in [0.1, 0.15) is 5.75 Å². The Morgan fingerprint density at radius 2 is 1.91 bits per heavy atom. The number of rotatable bonds is 9. The molecule has 1 aromatic carbocycles. The number of hydrogen-bond acceptors (Lipinski definition) is 3. The molecule has 0 radical (unpaired) electrons. The highest BCUT2D eigenvalue weighted by molar-refractivity contribution is 9.10. The second-order valence-corrected chi connectivity index (χ2v) is 5.51. The number of nitrogens with one attached hydrogen (secondary N) is 1. The largest absolute Gasteiger partial charge is 0.494 e. The van der Waals surface area contributed by atoms with E-state index in [4.69, 9.17) is 10.5 Å². The highest BCUT2D eigenvalue weighted by Gasteiger charge is 2.26. The van der Waals surface area contributed by atoms with Crippen LogP contribution in [0.4, 0.5) is 8.78 Å². The zero-order valence-corrected chi connectivity index (χ0v) is 14.4. The maximum absolute atomic E-state index is 12.8. The topological polar surface area (TPSA) is 64.3 Å². The molecule has 0 aliphatic rings. The maximum Gasteiger partial charge on any atom is 0.277 e. The smallest absolute Gasteiger partial charge is 0.277 e. The monoisotopic (exact) mass is 400 g/mol. The van der Waals surface area contributed by atoms with E-state index in [1.54, 1.807) is 0 Å². The Balaban J connectivity index is 0.00000441. The first kappa shape index (κ1) is 21.1.